The minimum absolute atomic E-state index is 0.0681. The first-order valence-corrected chi connectivity index (χ1v) is 10.7. The van der Waals surface area contributed by atoms with Gasteiger partial charge < -0.3 is 13.9 Å². The number of rotatable bonds is 6. The predicted octanol–water partition coefficient (Wildman–Crippen LogP) is 5.56. The van der Waals surface area contributed by atoms with Crippen LogP contribution >= 0.6 is 0 Å². The number of hydrogen-bond acceptors (Lipinski definition) is 5. The Hall–Kier alpha value is -3.86. The summed E-state index contributed by atoms with van der Waals surface area (Å²) in [6.07, 6.45) is 0.255. The Kier molecular flexibility index (Phi) is 6.05. The number of carbonyl (C=O) groups is 1. The maximum Gasteiger partial charge on any atom is 0.204 e. The molecule has 0 radical (unpaired) electrons. The molecule has 1 aromatic heterocycles. The van der Waals surface area contributed by atoms with Crippen LogP contribution in [0.3, 0.4) is 0 Å². The van der Waals surface area contributed by atoms with E-state index in [1.807, 2.05) is 45.0 Å². The van der Waals surface area contributed by atoms with E-state index in [1.54, 1.807) is 44.6 Å². The number of benzene rings is 3. The van der Waals surface area contributed by atoms with Crippen LogP contribution in [0.1, 0.15) is 43.9 Å². The molecule has 0 aliphatic heterocycles. The molecule has 33 heavy (non-hydrogen) atoms. The third-order valence-electron chi connectivity index (χ3n) is 5.81. The van der Waals surface area contributed by atoms with E-state index < -0.39 is 0 Å². The molecule has 0 saturated carbocycles. The SMILES string of the molecule is COc1ccc(Cc2oc3ccccc3c(=O)c2C(=O)c2c(C)cc(C)cc2C)cc1OC. The summed E-state index contributed by atoms with van der Waals surface area (Å²) < 4.78 is 16.9. The molecule has 168 valence electrons. The molecule has 0 amide bonds. The van der Waals surface area contributed by atoms with E-state index in [4.69, 9.17) is 13.9 Å². The van der Waals surface area contributed by atoms with Gasteiger partial charge in [-0.2, -0.15) is 0 Å². The number of methoxy groups -OCH3 is 2. The van der Waals surface area contributed by atoms with E-state index in [-0.39, 0.29) is 23.2 Å². The van der Waals surface area contributed by atoms with E-state index in [1.165, 1.54) is 0 Å². The topological polar surface area (TPSA) is 65.7 Å². The van der Waals surface area contributed by atoms with Crippen LogP contribution < -0.4 is 14.9 Å². The number of ketones is 1. The van der Waals surface area contributed by atoms with Gasteiger partial charge in [-0.25, -0.2) is 0 Å². The van der Waals surface area contributed by atoms with Crippen LogP contribution in [0, 0.1) is 20.8 Å². The van der Waals surface area contributed by atoms with E-state index in [9.17, 15) is 9.59 Å². The number of ether oxygens (including phenoxy) is 2. The highest BCUT2D eigenvalue weighted by Gasteiger charge is 2.25. The van der Waals surface area contributed by atoms with Gasteiger partial charge in [-0.05, 0) is 61.7 Å². The van der Waals surface area contributed by atoms with Crippen molar-refractivity contribution in [2.75, 3.05) is 14.2 Å². The molecule has 4 rings (SSSR count). The Morgan fingerprint density at radius 3 is 2.18 bits per heavy atom. The fourth-order valence-corrected chi connectivity index (χ4v) is 4.38. The molecule has 0 unspecified atom stereocenters. The third-order valence-corrected chi connectivity index (χ3v) is 5.81. The fourth-order valence-electron chi connectivity index (χ4n) is 4.38. The second kappa shape index (κ2) is 8.94. The zero-order valence-corrected chi connectivity index (χ0v) is 19.4. The molecule has 0 N–H and O–H groups in total. The number of carbonyl (C=O) groups excluding carboxylic acids is 1. The van der Waals surface area contributed by atoms with Gasteiger partial charge in [-0.15, -0.1) is 0 Å². The molecule has 0 saturated heterocycles. The standard InChI is InChI=1S/C28H26O5/c1-16-12-17(2)25(18(3)13-16)28(30)26-24(33-21-9-7-6-8-20(21)27(26)29)15-19-10-11-22(31-4)23(14-19)32-5/h6-14H,15H2,1-5H3. The average Bonchev–Trinajstić information content (AvgIpc) is 2.78. The Morgan fingerprint density at radius 2 is 1.52 bits per heavy atom. The lowest BCUT2D eigenvalue weighted by molar-refractivity contribution is 0.103. The highest BCUT2D eigenvalue weighted by atomic mass is 16.5. The Morgan fingerprint density at radius 1 is 0.848 bits per heavy atom. The highest BCUT2D eigenvalue weighted by molar-refractivity contribution is 6.12. The summed E-state index contributed by atoms with van der Waals surface area (Å²) in [5.41, 5.74) is 4.30. The monoisotopic (exact) mass is 442 g/mol. The highest BCUT2D eigenvalue weighted by Crippen LogP contribution is 2.30. The predicted molar refractivity (Wildman–Crippen MR) is 129 cm³/mol. The molecular weight excluding hydrogens is 416 g/mol. The van der Waals surface area contributed by atoms with Crippen molar-refractivity contribution in [1.29, 1.82) is 0 Å². The van der Waals surface area contributed by atoms with Gasteiger partial charge in [0.25, 0.3) is 0 Å². The second-order valence-corrected chi connectivity index (χ2v) is 8.19. The minimum Gasteiger partial charge on any atom is -0.493 e. The van der Waals surface area contributed by atoms with Crippen LogP contribution in [-0.2, 0) is 6.42 Å². The largest absolute Gasteiger partial charge is 0.493 e. The molecule has 3 aromatic carbocycles. The van der Waals surface area contributed by atoms with E-state index >= 15 is 0 Å². The van der Waals surface area contributed by atoms with Crippen molar-refractivity contribution in [3.63, 3.8) is 0 Å². The molecule has 0 atom stereocenters. The van der Waals surface area contributed by atoms with E-state index in [0.29, 0.717) is 33.8 Å². The summed E-state index contributed by atoms with van der Waals surface area (Å²) in [6.45, 7) is 5.77. The van der Waals surface area contributed by atoms with Gasteiger partial charge in [0.15, 0.2) is 11.5 Å². The van der Waals surface area contributed by atoms with Crippen molar-refractivity contribution in [2.24, 2.45) is 0 Å². The summed E-state index contributed by atoms with van der Waals surface area (Å²) in [7, 11) is 3.14. The summed E-state index contributed by atoms with van der Waals surface area (Å²) in [5, 5.41) is 0.388. The van der Waals surface area contributed by atoms with Gasteiger partial charge in [0, 0.05) is 12.0 Å². The van der Waals surface area contributed by atoms with Crippen LogP contribution in [0.25, 0.3) is 11.0 Å². The molecule has 0 aliphatic carbocycles. The summed E-state index contributed by atoms with van der Waals surface area (Å²) in [6, 6.07) is 16.4. The van der Waals surface area contributed by atoms with Crippen LogP contribution in [0.5, 0.6) is 11.5 Å². The third kappa shape index (κ3) is 4.14. The smallest absolute Gasteiger partial charge is 0.204 e. The van der Waals surface area contributed by atoms with Crippen LogP contribution in [0.15, 0.2) is 63.8 Å². The lowest BCUT2D eigenvalue weighted by Crippen LogP contribution is -2.21. The summed E-state index contributed by atoms with van der Waals surface area (Å²) in [4.78, 5) is 27.3. The van der Waals surface area contributed by atoms with Crippen molar-refractivity contribution >= 4 is 16.8 Å². The van der Waals surface area contributed by atoms with Crippen molar-refractivity contribution in [3.8, 4) is 11.5 Å². The average molecular weight is 443 g/mol. The molecule has 0 aliphatic rings. The Labute approximate surface area is 192 Å². The van der Waals surface area contributed by atoms with Gasteiger partial charge in [-0.1, -0.05) is 35.9 Å². The first kappa shape index (κ1) is 22.3. The number of aryl methyl sites for hydroxylation is 3. The van der Waals surface area contributed by atoms with Crippen LogP contribution in [0.2, 0.25) is 0 Å². The van der Waals surface area contributed by atoms with Gasteiger partial charge in [0.2, 0.25) is 11.2 Å². The molecule has 0 spiro atoms. The van der Waals surface area contributed by atoms with Crippen molar-refractivity contribution in [3.05, 3.63) is 104 Å². The normalized spacial score (nSPS) is 10.9. The molecule has 0 fully saturated rings. The van der Waals surface area contributed by atoms with Gasteiger partial charge in [0.1, 0.15) is 16.9 Å². The Balaban J connectivity index is 1.93. The number of para-hydroxylation sites is 1. The summed E-state index contributed by atoms with van der Waals surface area (Å²) in [5.74, 6) is 1.18. The lowest BCUT2D eigenvalue weighted by atomic mass is 9.91. The molecule has 4 aromatic rings. The number of fused-ring (bicyclic) bond motifs is 1. The van der Waals surface area contributed by atoms with Crippen molar-refractivity contribution < 1.29 is 18.7 Å². The van der Waals surface area contributed by atoms with Crippen molar-refractivity contribution in [2.45, 2.75) is 27.2 Å². The lowest BCUT2D eigenvalue weighted by Gasteiger charge is -2.14. The molecule has 0 bridgehead atoms. The first-order chi connectivity index (χ1) is 15.8. The van der Waals surface area contributed by atoms with Crippen LogP contribution in [-0.4, -0.2) is 20.0 Å². The first-order valence-electron chi connectivity index (χ1n) is 10.7. The van der Waals surface area contributed by atoms with E-state index in [2.05, 4.69) is 0 Å². The number of hydrogen-bond donors (Lipinski definition) is 0. The molecule has 5 heteroatoms. The molecule has 5 nitrogen and oxygen atoms in total. The van der Waals surface area contributed by atoms with Gasteiger partial charge >= 0.3 is 0 Å². The second-order valence-electron chi connectivity index (χ2n) is 8.19. The summed E-state index contributed by atoms with van der Waals surface area (Å²) >= 11 is 0. The zero-order chi connectivity index (χ0) is 23.7. The molecular formula is C28H26O5. The quantitative estimate of drug-likeness (QED) is 0.366. The van der Waals surface area contributed by atoms with Gasteiger partial charge in [-0.3, -0.25) is 9.59 Å². The molecule has 1 heterocycles. The fraction of sp³-hybridized carbons (Fsp3) is 0.214. The Bertz CT molecular complexity index is 1410. The maximum atomic E-state index is 13.8. The minimum atomic E-state index is -0.322. The van der Waals surface area contributed by atoms with E-state index in [0.717, 1.165) is 22.3 Å². The van der Waals surface area contributed by atoms with Crippen LogP contribution in [0.4, 0.5) is 0 Å². The zero-order valence-electron chi connectivity index (χ0n) is 19.4. The van der Waals surface area contributed by atoms with Gasteiger partial charge in [0.05, 0.1) is 19.6 Å². The maximum absolute atomic E-state index is 13.8. The van der Waals surface area contributed by atoms with Crippen molar-refractivity contribution in [1.82, 2.24) is 0 Å².